The molecule has 2 N–H and O–H groups in total. The van der Waals surface area contributed by atoms with E-state index in [2.05, 4.69) is 26.8 Å². The first-order valence-electron chi connectivity index (χ1n) is 10.4. The van der Waals surface area contributed by atoms with Crippen LogP contribution in [0.25, 0.3) is 6.08 Å². The summed E-state index contributed by atoms with van der Waals surface area (Å²) in [5.74, 6) is -0.323. The first-order chi connectivity index (χ1) is 16.0. The third kappa shape index (κ3) is 5.64. The highest BCUT2D eigenvalue weighted by Crippen LogP contribution is 2.38. The molecule has 3 aromatic rings. The largest absolute Gasteiger partial charge is 0.446 e. The lowest BCUT2D eigenvalue weighted by Crippen LogP contribution is -2.31. The first-order valence-corrected chi connectivity index (χ1v) is 11.2. The van der Waals surface area contributed by atoms with Crippen molar-refractivity contribution in [2.75, 3.05) is 5.32 Å². The Morgan fingerprint density at radius 3 is 3.03 bits per heavy atom. The summed E-state index contributed by atoms with van der Waals surface area (Å²) in [5.41, 5.74) is 3.10. The Hall–Kier alpha value is -3.97. The van der Waals surface area contributed by atoms with Gasteiger partial charge in [0.1, 0.15) is 17.2 Å². The van der Waals surface area contributed by atoms with Crippen LogP contribution in [-0.2, 0) is 36.0 Å². The molecule has 0 fully saturated rings. The van der Waals surface area contributed by atoms with Crippen LogP contribution in [0.1, 0.15) is 33.6 Å². The number of nitriles is 1. The van der Waals surface area contributed by atoms with Crippen LogP contribution in [0.5, 0.6) is 0 Å². The molecule has 1 aliphatic carbocycles. The van der Waals surface area contributed by atoms with E-state index in [0.717, 1.165) is 21.6 Å². The molecule has 168 valence electrons. The van der Waals surface area contributed by atoms with E-state index in [4.69, 9.17) is 4.74 Å². The van der Waals surface area contributed by atoms with Crippen LogP contribution in [0.15, 0.2) is 43.0 Å². The molecular formula is C23H22N6O3S. The molecule has 1 aliphatic rings. The summed E-state index contributed by atoms with van der Waals surface area (Å²) < 4.78 is 7.24. The van der Waals surface area contributed by atoms with Crippen molar-refractivity contribution in [1.82, 2.24) is 20.1 Å². The predicted molar refractivity (Wildman–Crippen MR) is 123 cm³/mol. The van der Waals surface area contributed by atoms with E-state index in [-0.39, 0.29) is 12.0 Å². The molecular weight excluding hydrogens is 440 g/mol. The summed E-state index contributed by atoms with van der Waals surface area (Å²) in [7, 11) is 1.81. The van der Waals surface area contributed by atoms with Gasteiger partial charge in [-0.2, -0.15) is 10.4 Å². The molecule has 4 rings (SSSR count). The van der Waals surface area contributed by atoms with Crippen molar-refractivity contribution in [1.29, 1.82) is 5.26 Å². The minimum absolute atomic E-state index is 0.286. The number of hydrogen-bond acceptors (Lipinski definition) is 7. The summed E-state index contributed by atoms with van der Waals surface area (Å²) in [6.07, 6.45) is 10.9. The zero-order valence-corrected chi connectivity index (χ0v) is 18.8. The Balaban J connectivity index is 1.36. The summed E-state index contributed by atoms with van der Waals surface area (Å²) in [6, 6.07) is 5.84. The third-order valence-electron chi connectivity index (χ3n) is 5.15. The number of fused-ring (bicyclic) bond motifs is 1. The zero-order chi connectivity index (χ0) is 23.2. The smallest absolute Gasteiger partial charge is 0.407 e. The maximum atomic E-state index is 12.4. The van der Waals surface area contributed by atoms with Gasteiger partial charge in [-0.25, -0.2) is 4.79 Å². The Morgan fingerprint density at radius 2 is 2.30 bits per heavy atom. The average Bonchev–Trinajstić information content (AvgIpc) is 3.38. The zero-order valence-electron chi connectivity index (χ0n) is 17.9. The Morgan fingerprint density at radius 1 is 1.42 bits per heavy atom. The molecule has 3 aromatic heterocycles. The van der Waals surface area contributed by atoms with Crippen LogP contribution in [0.2, 0.25) is 0 Å². The van der Waals surface area contributed by atoms with E-state index in [1.807, 2.05) is 19.3 Å². The van der Waals surface area contributed by atoms with Gasteiger partial charge < -0.3 is 15.4 Å². The number of rotatable bonds is 6. The summed E-state index contributed by atoms with van der Waals surface area (Å²) >= 11 is 1.36. The monoisotopic (exact) mass is 462 g/mol. The maximum Gasteiger partial charge on any atom is 0.407 e. The quantitative estimate of drug-likeness (QED) is 0.543. The van der Waals surface area contributed by atoms with Gasteiger partial charge >= 0.3 is 6.09 Å². The molecule has 9 nitrogen and oxygen atoms in total. The van der Waals surface area contributed by atoms with Crippen LogP contribution in [-0.4, -0.2) is 32.9 Å². The second-order valence-corrected chi connectivity index (χ2v) is 8.68. The van der Waals surface area contributed by atoms with Crippen molar-refractivity contribution in [3.05, 3.63) is 70.1 Å². The van der Waals surface area contributed by atoms with Crippen LogP contribution in [0.3, 0.4) is 0 Å². The lowest BCUT2D eigenvalue weighted by Gasteiger charge is -2.22. The topological polar surface area (TPSA) is 122 Å². The average molecular weight is 463 g/mol. The van der Waals surface area contributed by atoms with Gasteiger partial charge in [0.05, 0.1) is 11.8 Å². The number of nitrogens with zero attached hydrogens (tertiary/aromatic N) is 4. The van der Waals surface area contributed by atoms with Crippen molar-refractivity contribution in [2.24, 2.45) is 7.05 Å². The van der Waals surface area contributed by atoms with Gasteiger partial charge in [0.25, 0.3) is 0 Å². The Kier molecular flexibility index (Phi) is 6.80. The molecule has 3 heterocycles. The highest BCUT2D eigenvalue weighted by atomic mass is 32.1. The van der Waals surface area contributed by atoms with Gasteiger partial charge in [0, 0.05) is 55.1 Å². The standard InChI is InChI=1S/C23H22N6O3S/c1-29-14-16(13-27-29)12-26-23(31)32-17-5-6-18-19(10-24)22(33-20(18)9-17)28-21(30)7-4-15-3-2-8-25-11-15/h2-4,7-8,11,13-14,17H,5-6,9,12H2,1H3,(H,26,31)(H,28,30)/b7-4+. The molecule has 0 saturated carbocycles. The number of hydrogen-bond donors (Lipinski definition) is 2. The van der Waals surface area contributed by atoms with E-state index in [1.165, 1.54) is 17.4 Å². The van der Waals surface area contributed by atoms with Crippen LogP contribution < -0.4 is 10.6 Å². The normalized spacial score (nSPS) is 15.0. The molecule has 1 atom stereocenters. The fourth-order valence-corrected chi connectivity index (χ4v) is 4.86. The van der Waals surface area contributed by atoms with E-state index < -0.39 is 6.09 Å². The maximum absolute atomic E-state index is 12.4. The third-order valence-corrected chi connectivity index (χ3v) is 6.32. The Labute approximate surface area is 194 Å². The number of aromatic nitrogens is 3. The number of carbonyl (C=O) groups is 2. The Bertz CT molecular complexity index is 1220. The highest BCUT2D eigenvalue weighted by molar-refractivity contribution is 7.16. The summed E-state index contributed by atoms with van der Waals surface area (Å²) in [6.45, 7) is 0.338. The number of thiophene rings is 1. The molecule has 0 bridgehead atoms. The molecule has 0 spiro atoms. The van der Waals surface area contributed by atoms with Crippen molar-refractivity contribution in [3.8, 4) is 6.07 Å². The molecule has 1 unspecified atom stereocenters. The summed E-state index contributed by atoms with van der Waals surface area (Å²) in [5, 5.41) is 19.8. The van der Waals surface area contributed by atoms with Crippen molar-refractivity contribution < 1.29 is 14.3 Å². The van der Waals surface area contributed by atoms with Gasteiger partial charge in [-0.1, -0.05) is 6.07 Å². The van der Waals surface area contributed by atoms with Gasteiger partial charge in [0.15, 0.2) is 0 Å². The number of nitrogens with one attached hydrogen (secondary N) is 2. The van der Waals surface area contributed by atoms with E-state index in [9.17, 15) is 14.9 Å². The SMILES string of the molecule is Cn1cc(CNC(=O)OC2CCc3c(sc(NC(=O)/C=C/c4cccnc4)c3C#N)C2)cn1. The number of anilines is 1. The van der Waals surface area contributed by atoms with E-state index >= 15 is 0 Å². The number of amides is 2. The second kappa shape index (κ2) is 10.1. The molecule has 0 radical (unpaired) electrons. The predicted octanol–water partition coefficient (Wildman–Crippen LogP) is 3.18. The minimum Gasteiger partial charge on any atom is -0.446 e. The molecule has 0 saturated heterocycles. The molecule has 33 heavy (non-hydrogen) atoms. The number of alkyl carbamates (subject to hydrolysis) is 1. The minimum atomic E-state index is -0.488. The second-order valence-electron chi connectivity index (χ2n) is 7.57. The number of aryl methyl sites for hydroxylation is 1. The fourth-order valence-electron chi connectivity index (χ4n) is 3.59. The fraction of sp³-hybridized carbons (Fsp3) is 0.261. The van der Waals surface area contributed by atoms with Crippen molar-refractivity contribution >= 4 is 34.4 Å². The van der Waals surface area contributed by atoms with E-state index in [0.29, 0.717) is 36.4 Å². The van der Waals surface area contributed by atoms with Crippen molar-refractivity contribution in [2.45, 2.75) is 31.9 Å². The summed E-state index contributed by atoms with van der Waals surface area (Å²) in [4.78, 5) is 29.5. The van der Waals surface area contributed by atoms with Crippen LogP contribution in [0, 0.1) is 11.3 Å². The van der Waals surface area contributed by atoms with Gasteiger partial charge in [-0.05, 0) is 36.1 Å². The highest BCUT2D eigenvalue weighted by Gasteiger charge is 2.28. The lowest BCUT2D eigenvalue weighted by molar-refractivity contribution is -0.111. The number of ether oxygens (including phenoxy) is 1. The molecule has 0 aliphatic heterocycles. The van der Waals surface area contributed by atoms with Gasteiger partial charge in [0.2, 0.25) is 5.91 Å². The first kappa shape index (κ1) is 22.2. The van der Waals surface area contributed by atoms with Gasteiger partial charge in [-0.3, -0.25) is 14.5 Å². The van der Waals surface area contributed by atoms with Crippen LogP contribution in [0.4, 0.5) is 9.80 Å². The molecule has 2 amide bonds. The molecule has 0 aromatic carbocycles. The van der Waals surface area contributed by atoms with Crippen LogP contribution >= 0.6 is 11.3 Å². The number of carbonyl (C=O) groups excluding carboxylic acids is 2. The molecule has 10 heteroatoms. The number of pyridine rings is 1. The van der Waals surface area contributed by atoms with Crippen molar-refractivity contribution in [3.63, 3.8) is 0 Å². The van der Waals surface area contributed by atoms with Gasteiger partial charge in [-0.15, -0.1) is 11.3 Å². The lowest BCUT2D eigenvalue weighted by atomic mass is 9.94. The van der Waals surface area contributed by atoms with E-state index in [1.54, 1.807) is 35.4 Å².